The molecule has 0 aliphatic carbocycles. The van der Waals surface area contributed by atoms with Gasteiger partial charge < -0.3 is 15.0 Å². The van der Waals surface area contributed by atoms with Crippen LogP contribution < -0.4 is 5.32 Å². The lowest BCUT2D eigenvalue weighted by atomic mass is 10.1. The third-order valence-electron chi connectivity index (χ3n) is 3.69. The molecule has 116 valence electrons. The van der Waals surface area contributed by atoms with E-state index in [-0.39, 0.29) is 0 Å². The first kappa shape index (κ1) is 15.8. The topological polar surface area (TPSA) is 40.1 Å². The molecule has 0 atom stereocenters. The summed E-state index contributed by atoms with van der Waals surface area (Å²) in [5.41, 5.74) is 2.70. The van der Waals surface area contributed by atoms with E-state index in [4.69, 9.17) is 4.74 Å². The van der Waals surface area contributed by atoms with E-state index in [9.17, 15) is 0 Å². The Morgan fingerprint density at radius 1 is 1.24 bits per heavy atom. The summed E-state index contributed by atoms with van der Waals surface area (Å²) in [5.74, 6) is 0.899. The maximum Gasteiger partial charge on any atom is 0.193 e. The van der Waals surface area contributed by atoms with Gasteiger partial charge in [-0.25, -0.2) is 0 Å². The minimum Gasteiger partial charge on any atom is -0.379 e. The van der Waals surface area contributed by atoms with Crippen molar-refractivity contribution in [3.8, 4) is 0 Å². The van der Waals surface area contributed by atoms with Gasteiger partial charge in [-0.3, -0.25) is 9.89 Å². The standard InChI is InChI=1S/C16H26N4O/c1-17-16(19(2)3)18-12-14-6-4-5-7-15(14)13-20-8-10-21-11-9-20/h4-7H,8-13H2,1-3H3,(H,17,18). The molecule has 1 aromatic rings. The molecule has 1 fully saturated rings. The number of guanidine groups is 1. The Morgan fingerprint density at radius 3 is 2.52 bits per heavy atom. The minimum absolute atomic E-state index is 0.797. The summed E-state index contributed by atoms with van der Waals surface area (Å²) < 4.78 is 5.41. The lowest BCUT2D eigenvalue weighted by Crippen LogP contribution is -2.37. The lowest BCUT2D eigenvalue weighted by molar-refractivity contribution is 0.0341. The molecule has 1 heterocycles. The normalized spacial score (nSPS) is 16.8. The molecule has 0 spiro atoms. The van der Waals surface area contributed by atoms with Crippen molar-refractivity contribution in [3.05, 3.63) is 35.4 Å². The second-order valence-corrected chi connectivity index (χ2v) is 5.45. The summed E-state index contributed by atoms with van der Waals surface area (Å²) in [6, 6.07) is 8.61. The zero-order valence-electron chi connectivity index (χ0n) is 13.3. The number of aliphatic imine (C=N–C) groups is 1. The molecule has 1 saturated heterocycles. The van der Waals surface area contributed by atoms with Gasteiger partial charge in [-0.2, -0.15) is 0 Å². The monoisotopic (exact) mass is 290 g/mol. The maximum atomic E-state index is 5.41. The Morgan fingerprint density at radius 2 is 1.90 bits per heavy atom. The van der Waals surface area contributed by atoms with E-state index in [0.717, 1.165) is 45.4 Å². The summed E-state index contributed by atoms with van der Waals surface area (Å²) in [4.78, 5) is 8.69. The molecule has 0 saturated carbocycles. The number of hydrogen-bond donors (Lipinski definition) is 1. The lowest BCUT2D eigenvalue weighted by Gasteiger charge is -2.27. The molecule has 1 aliphatic rings. The summed E-state index contributed by atoms with van der Waals surface area (Å²) in [6.07, 6.45) is 0. The van der Waals surface area contributed by atoms with E-state index in [1.807, 2.05) is 26.0 Å². The van der Waals surface area contributed by atoms with Gasteiger partial charge in [0.25, 0.3) is 0 Å². The molecule has 5 heteroatoms. The van der Waals surface area contributed by atoms with Crippen molar-refractivity contribution in [2.24, 2.45) is 4.99 Å². The number of ether oxygens (including phenoxy) is 1. The van der Waals surface area contributed by atoms with Gasteiger partial charge in [0.15, 0.2) is 5.96 Å². The SMILES string of the molecule is CN=C(NCc1ccccc1CN1CCOCC1)N(C)C. The van der Waals surface area contributed by atoms with Gasteiger partial charge in [0.1, 0.15) is 0 Å². The van der Waals surface area contributed by atoms with Crippen LogP contribution in [0.1, 0.15) is 11.1 Å². The van der Waals surface area contributed by atoms with E-state index in [2.05, 4.69) is 39.5 Å². The number of hydrogen-bond acceptors (Lipinski definition) is 3. The molecular formula is C16H26N4O. The van der Waals surface area contributed by atoms with Crippen LogP contribution in [0.2, 0.25) is 0 Å². The summed E-state index contributed by atoms with van der Waals surface area (Å²) in [6.45, 7) is 5.50. The summed E-state index contributed by atoms with van der Waals surface area (Å²) in [7, 11) is 5.80. The molecule has 1 aliphatic heterocycles. The molecule has 0 amide bonds. The fraction of sp³-hybridized carbons (Fsp3) is 0.562. The molecule has 0 radical (unpaired) electrons. The Balaban J connectivity index is 1.99. The third kappa shape index (κ3) is 4.72. The van der Waals surface area contributed by atoms with Gasteiger partial charge in [-0.15, -0.1) is 0 Å². The predicted octanol–water partition coefficient (Wildman–Crippen LogP) is 1.16. The maximum absolute atomic E-state index is 5.41. The average Bonchev–Trinajstić information content (AvgIpc) is 2.50. The third-order valence-corrected chi connectivity index (χ3v) is 3.69. The Hall–Kier alpha value is -1.59. The second-order valence-electron chi connectivity index (χ2n) is 5.45. The fourth-order valence-corrected chi connectivity index (χ4v) is 2.50. The van der Waals surface area contributed by atoms with Crippen LogP contribution in [-0.2, 0) is 17.8 Å². The highest BCUT2D eigenvalue weighted by Gasteiger charge is 2.12. The summed E-state index contributed by atoms with van der Waals surface area (Å²) >= 11 is 0. The van der Waals surface area contributed by atoms with Crippen LogP contribution in [0.25, 0.3) is 0 Å². The highest BCUT2D eigenvalue weighted by atomic mass is 16.5. The van der Waals surface area contributed by atoms with Crippen molar-refractivity contribution < 1.29 is 4.74 Å². The van der Waals surface area contributed by atoms with Gasteiger partial charge >= 0.3 is 0 Å². The van der Waals surface area contributed by atoms with Crippen LogP contribution in [-0.4, -0.2) is 63.2 Å². The largest absolute Gasteiger partial charge is 0.379 e. The molecule has 0 aromatic heterocycles. The highest BCUT2D eigenvalue weighted by Crippen LogP contribution is 2.13. The first-order chi connectivity index (χ1) is 10.2. The van der Waals surface area contributed by atoms with E-state index in [1.54, 1.807) is 0 Å². The summed E-state index contributed by atoms with van der Waals surface area (Å²) in [5, 5.41) is 3.40. The number of morpholine rings is 1. The zero-order valence-corrected chi connectivity index (χ0v) is 13.3. The van der Waals surface area contributed by atoms with Crippen molar-refractivity contribution in [2.75, 3.05) is 47.4 Å². The van der Waals surface area contributed by atoms with Crippen molar-refractivity contribution in [2.45, 2.75) is 13.1 Å². The molecule has 1 N–H and O–H groups in total. The molecule has 21 heavy (non-hydrogen) atoms. The van der Waals surface area contributed by atoms with Gasteiger partial charge in [0.05, 0.1) is 13.2 Å². The number of nitrogens with one attached hydrogen (secondary N) is 1. The van der Waals surface area contributed by atoms with Crippen LogP contribution in [0.15, 0.2) is 29.3 Å². The number of nitrogens with zero attached hydrogens (tertiary/aromatic N) is 3. The molecule has 0 unspecified atom stereocenters. The van der Waals surface area contributed by atoms with E-state index < -0.39 is 0 Å². The van der Waals surface area contributed by atoms with Crippen molar-refractivity contribution in [1.82, 2.24) is 15.1 Å². The first-order valence-electron chi connectivity index (χ1n) is 7.45. The quantitative estimate of drug-likeness (QED) is 0.667. The van der Waals surface area contributed by atoms with Crippen LogP contribution in [0.4, 0.5) is 0 Å². The Kier molecular flexibility index (Phi) is 6.02. The van der Waals surface area contributed by atoms with Gasteiger partial charge in [-0.1, -0.05) is 24.3 Å². The van der Waals surface area contributed by atoms with Crippen molar-refractivity contribution in [3.63, 3.8) is 0 Å². The molecular weight excluding hydrogens is 264 g/mol. The molecule has 5 nitrogen and oxygen atoms in total. The predicted molar refractivity (Wildman–Crippen MR) is 86.4 cm³/mol. The van der Waals surface area contributed by atoms with Crippen LogP contribution >= 0.6 is 0 Å². The van der Waals surface area contributed by atoms with Crippen LogP contribution in [0, 0.1) is 0 Å². The zero-order chi connectivity index (χ0) is 15.1. The van der Waals surface area contributed by atoms with E-state index in [1.165, 1.54) is 11.1 Å². The average molecular weight is 290 g/mol. The first-order valence-corrected chi connectivity index (χ1v) is 7.45. The number of benzene rings is 1. The van der Waals surface area contributed by atoms with Gasteiger partial charge in [0, 0.05) is 47.3 Å². The fourth-order valence-electron chi connectivity index (χ4n) is 2.50. The van der Waals surface area contributed by atoms with Crippen molar-refractivity contribution in [1.29, 1.82) is 0 Å². The van der Waals surface area contributed by atoms with Gasteiger partial charge in [-0.05, 0) is 11.1 Å². The van der Waals surface area contributed by atoms with Crippen LogP contribution in [0.3, 0.4) is 0 Å². The smallest absolute Gasteiger partial charge is 0.193 e. The Bertz CT molecular complexity index is 467. The highest BCUT2D eigenvalue weighted by molar-refractivity contribution is 5.79. The molecule has 1 aromatic carbocycles. The second kappa shape index (κ2) is 8.00. The van der Waals surface area contributed by atoms with Gasteiger partial charge in [0.2, 0.25) is 0 Å². The number of rotatable bonds is 4. The van der Waals surface area contributed by atoms with Crippen molar-refractivity contribution >= 4 is 5.96 Å². The van der Waals surface area contributed by atoms with E-state index in [0.29, 0.717) is 0 Å². The molecule has 0 bridgehead atoms. The Labute approximate surface area is 127 Å². The van der Waals surface area contributed by atoms with E-state index >= 15 is 0 Å². The minimum atomic E-state index is 0.797. The molecule has 2 rings (SSSR count). The van der Waals surface area contributed by atoms with Crippen LogP contribution in [0.5, 0.6) is 0 Å².